The number of hydrogen-bond acceptors (Lipinski definition) is 8. The molecule has 0 saturated heterocycles. The molecule has 9 nitrogen and oxygen atoms in total. The molecule has 3 aromatic rings. The molecule has 0 aliphatic carbocycles. The summed E-state index contributed by atoms with van der Waals surface area (Å²) in [6.07, 6.45) is 0. The van der Waals surface area contributed by atoms with Crippen LogP contribution in [0.1, 0.15) is 6.92 Å². The highest BCUT2D eigenvalue weighted by atomic mass is 32.1. The van der Waals surface area contributed by atoms with Crippen LogP contribution in [0.4, 0.5) is 5.69 Å². The van der Waals surface area contributed by atoms with Crippen molar-refractivity contribution < 1.29 is 23.4 Å². The molecule has 0 atom stereocenters. The van der Waals surface area contributed by atoms with E-state index in [4.69, 9.17) is 30.8 Å². The lowest BCUT2D eigenvalue weighted by molar-refractivity contribution is -0.117. The zero-order chi connectivity index (χ0) is 21.8. The van der Waals surface area contributed by atoms with Crippen molar-refractivity contribution in [2.75, 3.05) is 32.3 Å². The van der Waals surface area contributed by atoms with Crippen LogP contribution in [0.5, 0.6) is 17.2 Å². The van der Waals surface area contributed by atoms with Crippen molar-refractivity contribution in [2.24, 2.45) is 0 Å². The van der Waals surface area contributed by atoms with Crippen LogP contribution in [-0.2, 0) is 11.5 Å². The molecule has 0 unspecified atom stereocenters. The van der Waals surface area contributed by atoms with Gasteiger partial charge in [0.1, 0.15) is 5.75 Å². The van der Waals surface area contributed by atoms with Gasteiger partial charge in [-0.05, 0) is 61.2 Å². The molecular weight excluding hydrogens is 420 g/mol. The topological polar surface area (TPSA) is 91.0 Å². The number of nitrogens with one attached hydrogen (secondary N) is 1. The highest BCUT2D eigenvalue weighted by molar-refractivity contribution is 7.71. The minimum absolute atomic E-state index is 0.141. The summed E-state index contributed by atoms with van der Waals surface area (Å²) in [5.74, 6) is 2.28. The number of fused-ring (bicyclic) bond motifs is 1. The summed E-state index contributed by atoms with van der Waals surface area (Å²) in [7, 11) is 1.60. The molecule has 0 radical (unpaired) electrons. The Balaban J connectivity index is 1.41. The predicted octanol–water partition coefficient (Wildman–Crippen LogP) is 3.53. The molecule has 1 amide bonds. The first-order chi connectivity index (χ1) is 15.1. The maximum Gasteiger partial charge on any atom is 0.288 e. The second-order valence-corrected chi connectivity index (χ2v) is 7.15. The van der Waals surface area contributed by atoms with E-state index < -0.39 is 0 Å². The molecule has 0 spiro atoms. The summed E-state index contributed by atoms with van der Waals surface area (Å²) in [5.41, 5.74) is 1.43. The summed E-state index contributed by atoms with van der Waals surface area (Å²) < 4.78 is 23.1. The number of aromatic nitrogens is 2. The van der Waals surface area contributed by atoms with Crippen molar-refractivity contribution >= 4 is 23.8 Å². The predicted molar refractivity (Wildman–Crippen MR) is 116 cm³/mol. The molecule has 2 heterocycles. The second-order valence-electron chi connectivity index (χ2n) is 6.80. The Morgan fingerprint density at radius 1 is 1.23 bits per heavy atom. The van der Waals surface area contributed by atoms with Gasteiger partial charge in [-0.3, -0.25) is 9.69 Å². The normalized spacial score (nSPS) is 12.2. The zero-order valence-corrected chi connectivity index (χ0v) is 18.0. The van der Waals surface area contributed by atoms with E-state index in [1.54, 1.807) is 48.2 Å². The van der Waals surface area contributed by atoms with Gasteiger partial charge in [-0.15, -0.1) is 5.10 Å². The van der Waals surface area contributed by atoms with Gasteiger partial charge in [-0.2, -0.15) is 0 Å². The lowest BCUT2D eigenvalue weighted by Crippen LogP contribution is -2.35. The average molecular weight is 442 g/mol. The third kappa shape index (κ3) is 4.86. The molecule has 1 aromatic heterocycles. The molecule has 162 valence electrons. The van der Waals surface area contributed by atoms with Crippen LogP contribution in [0.2, 0.25) is 0 Å². The standard InChI is InChI=1S/C21H22N4O5S/c1-3-24(11-19(26)22-15-5-7-16(27-2)8-6-15)12-25-21(31)30-20(23-25)14-4-9-17-18(10-14)29-13-28-17/h4-10H,3,11-13H2,1-2H3,(H,22,26). The van der Waals surface area contributed by atoms with E-state index in [1.165, 1.54) is 0 Å². The molecule has 0 bridgehead atoms. The fourth-order valence-corrected chi connectivity index (χ4v) is 3.25. The van der Waals surface area contributed by atoms with E-state index in [0.29, 0.717) is 36.3 Å². The van der Waals surface area contributed by atoms with E-state index in [9.17, 15) is 4.79 Å². The van der Waals surface area contributed by atoms with E-state index in [-0.39, 0.29) is 24.1 Å². The molecule has 2 aromatic carbocycles. The van der Waals surface area contributed by atoms with Gasteiger partial charge in [0.15, 0.2) is 11.5 Å². The number of likely N-dealkylation sites (N-methyl/N-ethyl adjacent to an activating group) is 1. The number of hydrogen-bond donors (Lipinski definition) is 1. The minimum atomic E-state index is -0.141. The smallest absolute Gasteiger partial charge is 0.288 e. The summed E-state index contributed by atoms with van der Waals surface area (Å²) >= 11 is 5.32. The number of carbonyl (C=O) groups is 1. The first-order valence-corrected chi connectivity index (χ1v) is 10.1. The van der Waals surface area contributed by atoms with Gasteiger partial charge in [0.05, 0.1) is 20.3 Å². The van der Waals surface area contributed by atoms with Crippen LogP contribution in [0.3, 0.4) is 0 Å². The largest absolute Gasteiger partial charge is 0.497 e. The number of amides is 1. The van der Waals surface area contributed by atoms with Gasteiger partial charge < -0.3 is 23.9 Å². The van der Waals surface area contributed by atoms with Crippen LogP contribution >= 0.6 is 12.2 Å². The minimum Gasteiger partial charge on any atom is -0.497 e. The highest BCUT2D eigenvalue weighted by Crippen LogP contribution is 2.35. The van der Waals surface area contributed by atoms with Crippen LogP contribution in [0.25, 0.3) is 11.5 Å². The molecular formula is C21H22N4O5S. The Bertz CT molecular complexity index is 1130. The first-order valence-electron chi connectivity index (χ1n) is 9.70. The molecule has 1 aliphatic heterocycles. The van der Waals surface area contributed by atoms with Crippen LogP contribution < -0.4 is 19.5 Å². The number of rotatable bonds is 8. The molecule has 1 N–H and O–H groups in total. The fraction of sp³-hybridized carbons (Fsp3) is 0.286. The second kappa shape index (κ2) is 9.19. The fourth-order valence-electron chi connectivity index (χ4n) is 3.07. The van der Waals surface area contributed by atoms with Crippen molar-refractivity contribution in [1.29, 1.82) is 0 Å². The third-order valence-corrected chi connectivity index (χ3v) is 5.04. The van der Waals surface area contributed by atoms with E-state index >= 15 is 0 Å². The lowest BCUT2D eigenvalue weighted by atomic mass is 10.2. The summed E-state index contributed by atoms with van der Waals surface area (Å²) in [6, 6.07) is 12.6. The molecule has 10 heteroatoms. The maximum absolute atomic E-state index is 12.5. The van der Waals surface area contributed by atoms with Gasteiger partial charge >= 0.3 is 0 Å². The van der Waals surface area contributed by atoms with Crippen molar-refractivity contribution in [3.63, 3.8) is 0 Å². The van der Waals surface area contributed by atoms with Gasteiger partial charge in [0.2, 0.25) is 18.6 Å². The Hall–Kier alpha value is -3.37. The quantitative estimate of drug-likeness (QED) is 0.530. The Kier molecular flexibility index (Phi) is 6.19. The zero-order valence-electron chi connectivity index (χ0n) is 17.2. The van der Waals surface area contributed by atoms with Gasteiger partial charge in [-0.25, -0.2) is 4.68 Å². The number of anilines is 1. The molecule has 1 aliphatic rings. The van der Waals surface area contributed by atoms with E-state index in [2.05, 4.69) is 10.4 Å². The summed E-state index contributed by atoms with van der Waals surface area (Å²) in [5, 5.41) is 7.34. The van der Waals surface area contributed by atoms with Crippen molar-refractivity contribution in [2.45, 2.75) is 13.6 Å². The molecule has 4 rings (SSSR count). The highest BCUT2D eigenvalue weighted by Gasteiger charge is 2.18. The maximum atomic E-state index is 12.5. The average Bonchev–Trinajstić information content (AvgIpc) is 3.39. The summed E-state index contributed by atoms with van der Waals surface area (Å²) in [6.45, 7) is 3.28. The van der Waals surface area contributed by atoms with Crippen LogP contribution in [0, 0.1) is 4.84 Å². The Labute approximate surface area is 184 Å². The van der Waals surface area contributed by atoms with Crippen LogP contribution in [-0.4, -0.2) is 47.6 Å². The van der Waals surface area contributed by atoms with Crippen molar-refractivity contribution in [1.82, 2.24) is 14.7 Å². The van der Waals surface area contributed by atoms with E-state index in [1.807, 2.05) is 17.9 Å². The molecule has 0 saturated carbocycles. The molecule has 0 fully saturated rings. The SMILES string of the molecule is CCN(CC(=O)Nc1ccc(OC)cc1)Cn1nc(-c2ccc3c(c2)OCO3)oc1=S. The summed E-state index contributed by atoms with van der Waals surface area (Å²) in [4.78, 5) is 14.6. The molecule has 31 heavy (non-hydrogen) atoms. The van der Waals surface area contributed by atoms with Gasteiger partial charge in [-0.1, -0.05) is 6.92 Å². The number of methoxy groups -OCH3 is 1. The van der Waals surface area contributed by atoms with Gasteiger partial charge in [0, 0.05) is 11.3 Å². The Morgan fingerprint density at radius 2 is 2.00 bits per heavy atom. The number of carbonyl (C=O) groups excluding carboxylic acids is 1. The number of benzene rings is 2. The third-order valence-electron chi connectivity index (χ3n) is 4.75. The van der Waals surface area contributed by atoms with Crippen molar-refractivity contribution in [3.05, 3.63) is 47.3 Å². The number of nitrogens with zero attached hydrogens (tertiary/aromatic N) is 3. The van der Waals surface area contributed by atoms with Crippen LogP contribution in [0.15, 0.2) is 46.9 Å². The Morgan fingerprint density at radius 3 is 2.74 bits per heavy atom. The first kappa shape index (κ1) is 20.9. The monoisotopic (exact) mass is 442 g/mol. The number of ether oxygens (including phenoxy) is 3. The lowest BCUT2D eigenvalue weighted by Gasteiger charge is -2.19. The van der Waals surface area contributed by atoms with Gasteiger partial charge in [0.25, 0.3) is 4.84 Å². The van der Waals surface area contributed by atoms with E-state index in [0.717, 1.165) is 11.3 Å². The van der Waals surface area contributed by atoms with Crippen molar-refractivity contribution in [3.8, 4) is 28.7 Å².